The second kappa shape index (κ2) is 4.93. The average molecular weight is 219 g/mol. The van der Waals surface area contributed by atoms with E-state index in [0.717, 1.165) is 19.0 Å². The molecule has 1 saturated heterocycles. The van der Waals surface area contributed by atoms with E-state index in [2.05, 4.69) is 41.6 Å². The fraction of sp³-hybridized carbons (Fsp3) is 0.615. The minimum absolute atomic E-state index is 0.181. The van der Waals surface area contributed by atoms with Gasteiger partial charge in [0.2, 0.25) is 0 Å². The first-order chi connectivity index (χ1) is 7.68. The van der Waals surface area contributed by atoms with Crippen molar-refractivity contribution in [2.45, 2.75) is 19.3 Å². The number of hydrogen-bond donors (Lipinski definition) is 2. The minimum atomic E-state index is 0.181. The van der Waals surface area contributed by atoms with E-state index in [9.17, 15) is 0 Å². The van der Waals surface area contributed by atoms with Crippen molar-refractivity contribution in [1.82, 2.24) is 15.6 Å². The van der Waals surface area contributed by atoms with Crippen LogP contribution in [0.5, 0.6) is 0 Å². The van der Waals surface area contributed by atoms with Crippen molar-refractivity contribution >= 4 is 0 Å². The number of rotatable bonds is 5. The fourth-order valence-corrected chi connectivity index (χ4v) is 1.99. The molecule has 1 aromatic rings. The molecule has 1 aromatic heterocycles. The quantitative estimate of drug-likeness (QED) is 0.780. The Hall–Kier alpha value is -0.930. The van der Waals surface area contributed by atoms with Crippen LogP contribution in [0.2, 0.25) is 0 Å². The van der Waals surface area contributed by atoms with Gasteiger partial charge in [0.15, 0.2) is 0 Å². The average Bonchev–Trinajstić information content (AvgIpc) is 2.23. The van der Waals surface area contributed by atoms with E-state index in [0.29, 0.717) is 0 Å². The molecule has 1 aliphatic heterocycles. The monoisotopic (exact) mass is 219 g/mol. The van der Waals surface area contributed by atoms with E-state index in [-0.39, 0.29) is 5.41 Å². The molecule has 1 fully saturated rings. The standard InChI is InChI=1S/C13H21N3/c1-13(2,12-3-5-14-6-4-12)10-16-9-11-7-15-8-11/h3-6,11,15-16H,7-10H2,1-2H3. The Bertz CT molecular complexity index is 317. The van der Waals surface area contributed by atoms with Crippen molar-refractivity contribution in [1.29, 1.82) is 0 Å². The highest BCUT2D eigenvalue weighted by Gasteiger charge is 2.21. The minimum Gasteiger partial charge on any atom is -0.316 e. The predicted molar refractivity (Wildman–Crippen MR) is 66.5 cm³/mol. The van der Waals surface area contributed by atoms with Gasteiger partial charge in [-0.1, -0.05) is 13.8 Å². The summed E-state index contributed by atoms with van der Waals surface area (Å²) in [5.74, 6) is 0.827. The Kier molecular flexibility index (Phi) is 3.56. The van der Waals surface area contributed by atoms with Crippen LogP contribution in [-0.2, 0) is 5.41 Å². The van der Waals surface area contributed by atoms with Crippen molar-refractivity contribution in [3.63, 3.8) is 0 Å². The van der Waals surface area contributed by atoms with Gasteiger partial charge < -0.3 is 10.6 Å². The van der Waals surface area contributed by atoms with Crippen LogP contribution in [-0.4, -0.2) is 31.2 Å². The van der Waals surface area contributed by atoms with Gasteiger partial charge in [0.1, 0.15) is 0 Å². The van der Waals surface area contributed by atoms with Gasteiger partial charge in [0.05, 0.1) is 0 Å². The van der Waals surface area contributed by atoms with E-state index in [4.69, 9.17) is 0 Å². The van der Waals surface area contributed by atoms with E-state index < -0.39 is 0 Å². The summed E-state index contributed by atoms with van der Waals surface area (Å²) in [5.41, 5.74) is 1.53. The number of nitrogens with zero attached hydrogens (tertiary/aromatic N) is 1. The lowest BCUT2D eigenvalue weighted by Crippen LogP contribution is -2.48. The van der Waals surface area contributed by atoms with Crippen molar-refractivity contribution in [2.75, 3.05) is 26.2 Å². The van der Waals surface area contributed by atoms with Crippen LogP contribution < -0.4 is 10.6 Å². The van der Waals surface area contributed by atoms with Crippen LogP contribution in [0.4, 0.5) is 0 Å². The van der Waals surface area contributed by atoms with Crippen LogP contribution in [0.15, 0.2) is 24.5 Å². The number of nitrogens with one attached hydrogen (secondary N) is 2. The molecule has 0 radical (unpaired) electrons. The fourth-order valence-electron chi connectivity index (χ4n) is 1.99. The molecular weight excluding hydrogens is 198 g/mol. The molecule has 0 aliphatic carbocycles. The van der Waals surface area contributed by atoms with Crippen molar-refractivity contribution in [3.8, 4) is 0 Å². The number of aromatic nitrogens is 1. The maximum Gasteiger partial charge on any atom is 0.0270 e. The highest BCUT2D eigenvalue weighted by Crippen LogP contribution is 2.21. The molecule has 3 nitrogen and oxygen atoms in total. The smallest absolute Gasteiger partial charge is 0.0270 e. The summed E-state index contributed by atoms with van der Waals surface area (Å²) in [4.78, 5) is 4.06. The molecule has 0 saturated carbocycles. The molecule has 88 valence electrons. The summed E-state index contributed by atoms with van der Waals surface area (Å²) in [6, 6.07) is 4.21. The molecule has 0 spiro atoms. The van der Waals surface area contributed by atoms with Gasteiger partial charge in [0.25, 0.3) is 0 Å². The lowest BCUT2D eigenvalue weighted by molar-refractivity contribution is 0.319. The summed E-state index contributed by atoms with van der Waals surface area (Å²) in [6.45, 7) is 9.03. The van der Waals surface area contributed by atoms with Crippen LogP contribution in [0.3, 0.4) is 0 Å². The van der Waals surface area contributed by atoms with E-state index in [1.165, 1.54) is 18.7 Å². The second-order valence-electron chi connectivity index (χ2n) is 5.27. The van der Waals surface area contributed by atoms with Crippen LogP contribution >= 0.6 is 0 Å². The molecule has 0 atom stereocenters. The van der Waals surface area contributed by atoms with Gasteiger partial charge in [-0.05, 0) is 23.6 Å². The van der Waals surface area contributed by atoms with Crippen LogP contribution in [0, 0.1) is 5.92 Å². The normalized spacial score (nSPS) is 17.1. The molecule has 0 amide bonds. The molecule has 0 bridgehead atoms. The van der Waals surface area contributed by atoms with Gasteiger partial charge in [-0.25, -0.2) is 0 Å². The summed E-state index contributed by atoms with van der Waals surface area (Å²) in [6.07, 6.45) is 3.74. The lowest BCUT2D eigenvalue weighted by Gasteiger charge is -2.30. The molecule has 2 N–H and O–H groups in total. The molecule has 3 heteroatoms. The van der Waals surface area contributed by atoms with Gasteiger partial charge in [-0.2, -0.15) is 0 Å². The highest BCUT2D eigenvalue weighted by molar-refractivity contribution is 5.20. The van der Waals surface area contributed by atoms with E-state index in [1.807, 2.05) is 12.4 Å². The Labute approximate surface area is 97.7 Å². The molecule has 0 unspecified atom stereocenters. The zero-order chi connectivity index (χ0) is 11.4. The first-order valence-electron chi connectivity index (χ1n) is 6.00. The van der Waals surface area contributed by atoms with Crippen molar-refractivity contribution < 1.29 is 0 Å². The summed E-state index contributed by atoms with van der Waals surface area (Å²) >= 11 is 0. The molecule has 1 aliphatic rings. The highest BCUT2D eigenvalue weighted by atomic mass is 15.0. The molecule has 0 aromatic carbocycles. The Balaban J connectivity index is 1.82. The van der Waals surface area contributed by atoms with Gasteiger partial charge in [-0.3, -0.25) is 4.98 Å². The maximum absolute atomic E-state index is 4.06. The van der Waals surface area contributed by atoms with Crippen LogP contribution in [0.25, 0.3) is 0 Å². The predicted octanol–water partition coefficient (Wildman–Crippen LogP) is 1.17. The lowest BCUT2D eigenvalue weighted by atomic mass is 9.85. The third-order valence-corrected chi connectivity index (χ3v) is 3.33. The largest absolute Gasteiger partial charge is 0.316 e. The summed E-state index contributed by atoms with van der Waals surface area (Å²) in [5, 5.41) is 6.86. The molecule has 2 heterocycles. The third-order valence-electron chi connectivity index (χ3n) is 3.33. The molecule has 16 heavy (non-hydrogen) atoms. The summed E-state index contributed by atoms with van der Waals surface area (Å²) < 4.78 is 0. The topological polar surface area (TPSA) is 37.0 Å². The maximum atomic E-state index is 4.06. The van der Waals surface area contributed by atoms with Gasteiger partial charge in [0, 0.05) is 44.0 Å². The zero-order valence-electron chi connectivity index (χ0n) is 10.2. The second-order valence-corrected chi connectivity index (χ2v) is 5.27. The van der Waals surface area contributed by atoms with Crippen molar-refractivity contribution in [2.24, 2.45) is 5.92 Å². The Morgan fingerprint density at radius 2 is 2.06 bits per heavy atom. The van der Waals surface area contributed by atoms with E-state index in [1.54, 1.807) is 0 Å². The Morgan fingerprint density at radius 1 is 1.38 bits per heavy atom. The number of hydrogen-bond acceptors (Lipinski definition) is 3. The van der Waals surface area contributed by atoms with Crippen LogP contribution in [0.1, 0.15) is 19.4 Å². The number of pyridine rings is 1. The SMILES string of the molecule is CC(C)(CNCC1CNC1)c1ccncc1. The zero-order valence-corrected chi connectivity index (χ0v) is 10.2. The van der Waals surface area contributed by atoms with E-state index >= 15 is 0 Å². The van der Waals surface area contributed by atoms with Crippen molar-refractivity contribution in [3.05, 3.63) is 30.1 Å². The molecule has 2 rings (SSSR count). The Morgan fingerprint density at radius 3 is 2.62 bits per heavy atom. The first-order valence-corrected chi connectivity index (χ1v) is 6.00. The van der Waals surface area contributed by atoms with Gasteiger partial charge >= 0.3 is 0 Å². The first kappa shape index (κ1) is 11.6. The summed E-state index contributed by atoms with van der Waals surface area (Å²) in [7, 11) is 0. The van der Waals surface area contributed by atoms with Gasteiger partial charge in [-0.15, -0.1) is 0 Å². The molecular formula is C13H21N3. The third kappa shape index (κ3) is 2.80.